The number of aromatic nitrogens is 3. The molecule has 11 nitrogen and oxygen atoms in total. The summed E-state index contributed by atoms with van der Waals surface area (Å²) in [6.07, 6.45) is 15.4. The summed E-state index contributed by atoms with van der Waals surface area (Å²) in [7, 11) is 3.59. The number of rotatable bonds is 15. The Balaban J connectivity index is 1.40. The number of fused-ring (bicyclic) bond motifs is 7. The number of Topliss-reactive ketones (excluding diaryl/α,β-unsaturated/α-hetero) is 1. The lowest BCUT2D eigenvalue weighted by Crippen LogP contribution is -2.37. The number of nitrogens with two attached hydrogens (primary N) is 1. The summed E-state index contributed by atoms with van der Waals surface area (Å²) >= 11 is 0. The molecule has 0 fully saturated rings. The van der Waals surface area contributed by atoms with Crippen LogP contribution in [0.3, 0.4) is 0 Å². The predicted molar refractivity (Wildman–Crippen MR) is 238 cm³/mol. The number of pyridine rings is 1. The van der Waals surface area contributed by atoms with Crippen molar-refractivity contribution in [1.29, 1.82) is 0 Å². The van der Waals surface area contributed by atoms with Gasteiger partial charge in [-0.2, -0.15) is 4.57 Å². The molecule has 0 amide bonds. The normalized spacial score (nSPS) is 22.5. The van der Waals surface area contributed by atoms with Gasteiger partial charge in [0.15, 0.2) is 18.2 Å². The van der Waals surface area contributed by atoms with Crippen molar-refractivity contribution in [3.63, 3.8) is 0 Å². The first-order chi connectivity index (χ1) is 28.6. The third-order valence-corrected chi connectivity index (χ3v) is 12.9. The highest BCUT2D eigenvalue weighted by molar-refractivity contribution is 6.17. The van der Waals surface area contributed by atoms with E-state index in [-0.39, 0.29) is 55.2 Å². The van der Waals surface area contributed by atoms with E-state index in [1.54, 1.807) is 36.0 Å². The SMILES string of the molecule is CCCCCCOC(C)c1c2[nH]c(c1C)C=C1N=C(C3=C(N)/C(=C(/C)C(C)/C=c4\[nH]/c(c(C)c4CC)=C\2)C(=O)C3)[C@@H](CCC(=O)OC[n+]2cccc(C(O)N(C)C)c2)C1C. The van der Waals surface area contributed by atoms with Gasteiger partial charge in [0.2, 0.25) is 0 Å². The number of aliphatic hydroxyl groups excluding tert-OH is 1. The third-order valence-electron chi connectivity index (χ3n) is 12.9. The van der Waals surface area contributed by atoms with Gasteiger partial charge < -0.3 is 30.3 Å². The summed E-state index contributed by atoms with van der Waals surface area (Å²) < 4.78 is 14.0. The number of allylic oxidation sites excluding steroid dienone is 4. The van der Waals surface area contributed by atoms with E-state index >= 15 is 0 Å². The number of carbonyl (C=O) groups is 2. The lowest BCUT2D eigenvalue weighted by molar-refractivity contribution is -0.728. The Kier molecular flexibility index (Phi) is 14.3. The minimum absolute atomic E-state index is 0.00321. The Hall–Kier alpha value is -4.84. The topological polar surface area (TPSA) is 150 Å². The molecule has 5 atom stereocenters. The number of aromatic amines is 2. The van der Waals surface area contributed by atoms with Crippen LogP contribution in [-0.2, 0) is 32.2 Å². The molecule has 3 aromatic heterocycles. The highest BCUT2D eigenvalue weighted by atomic mass is 16.5. The first-order valence-corrected chi connectivity index (χ1v) is 21.9. The van der Waals surface area contributed by atoms with Gasteiger partial charge in [0, 0.05) is 87.5 Å². The summed E-state index contributed by atoms with van der Waals surface area (Å²) in [5, 5.41) is 12.6. The zero-order valence-corrected chi connectivity index (χ0v) is 37.5. The van der Waals surface area contributed by atoms with Gasteiger partial charge in [-0.15, -0.1) is 0 Å². The minimum Gasteiger partial charge on any atom is -0.405 e. The number of aliphatic imine (C=N–C) groups is 1. The van der Waals surface area contributed by atoms with Crippen LogP contribution in [0.1, 0.15) is 138 Å². The van der Waals surface area contributed by atoms with Crippen LogP contribution in [0.15, 0.2) is 57.6 Å². The molecule has 0 saturated carbocycles. The molecular weight excluding hydrogens is 753 g/mol. The van der Waals surface area contributed by atoms with Crippen LogP contribution < -0.4 is 21.0 Å². The number of H-pyrrole nitrogens is 2. The molecule has 0 saturated heterocycles. The zero-order valence-electron chi connectivity index (χ0n) is 37.5. The molecular formula is C49H67N6O5+. The molecule has 0 aromatic carbocycles. The fourth-order valence-electron chi connectivity index (χ4n) is 9.10. The van der Waals surface area contributed by atoms with Crippen LogP contribution in [0.2, 0.25) is 0 Å². The van der Waals surface area contributed by atoms with Gasteiger partial charge in [-0.05, 0) is 102 Å². The number of nitrogens with one attached hydrogen (secondary N) is 2. The molecule has 3 aliphatic rings. The quantitative estimate of drug-likeness (QED) is 0.0570. The summed E-state index contributed by atoms with van der Waals surface area (Å²) in [6.45, 7) is 17.9. The average molecular weight is 820 g/mol. The number of esters is 1. The fraction of sp³-hybridized carbons (Fsp3) is 0.510. The molecule has 5 N–H and O–H groups in total. The van der Waals surface area contributed by atoms with Gasteiger partial charge >= 0.3 is 5.97 Å². The van der Waals surface area contributed by atoms with Gasteiger partial charge in [0.1, 0.15) is 6.23 Å². The number of ether oxygens (including phenoxy) is 2. The predicted octanol–water partition coefficient (Wildman–Crippen LogP) is 6.81. The van der Waals surface area contributed by atoms with Gasteiger partial charge in [0.05, 0.1) is 17.4 Å². The van der Waals surface area contributed by atoms with Crippen LogP contribution in [0.25, 0.3) is 18.2 Å². The molecule has 8 bridgehead atoms. The summed E-state index contributed by atoms with van der Waals surface area (Å²) in [4.78, 5) is 41.8. The largest absolute Gasteiger partial charge is 0.405 e. The maximum absolute atomic E-state index is 13.9. The van der Waals surface area contributed by atoms with Gasteiger partial charge in [-0.3, -0.25) is 19.5 Å². The van der Waals surface area contributed by atoms with E-state index in [1.807, 2.05) is 19.1 Å². The van der Waals surface area contributed by atoms with Crippen molar-refractivity contribution >= 4 is 35.7 Å². The van der Waals surface area contributed by atoms with Crippen LogP contribution in [0.5, 0.6) is 0 Å². The lowest BCUT2D eigenvalue weighted by Gasteiger charge is -2.19. The highest BCUT2D eigenvalue weighted by Crippen LogP contribution is 2.42. The Morgan fingerprint density at radius 2 is 1.83 bits per heavy atom. The highest BCUT2D eigenvalue weighted by Gasteiger charge is 2.40. The van der Waals surface area contributed by atoms with Gasteiger partial charge in [-0.1, -0.05) is 58.6 Å². The van der Waals surface area contributed by atoms with Crippen molar-refractivity contribution in [2.24, 2.45) is 28.5 Å². The standard InChI is InChI=1S/C49H67N6O5/c1-11-13-14-15-21-59-33(8)45-32(7)40-24-39-31(6)36(18-19-44(57)60-27-55-20-16-17-34(26-55)49(58)54(9)10)48(53-39)37-23-43(56)46(47(37)50)29(4)28(3)22-41-35(12-2)30(5)38(51-41)25-42(45)52-40/h16-17,20,22,24-26,28,31,33,36,49,51-52,58H,11-15,18-19,21,23,27,50H2,1-10H3/q+1/b38-25-,39-24?,41-22-,46-29-/t28?,31?,33?,36-,49?/m0/s1. The summed E-state index contributed by atoms with van der Waals surface area (Å²) in [5.74, 6) is -0.660. The summed E-state index contributed by atoms with van der Waals surface area (Å²) in [5.41, 5.74) is 18.7. The van der Waals surface area contributed by atoms with Crippen LogP contribution >= 0.6 is 0 Å². The van der Waals surface area contributed by atoms with Crippen molar-refractivity contribution in [2.45, 2.75) is 126 Å². The van der Waals surface area contributed by atoms with Gasteiger partial charge in [0.25, 0.3) is 6.73 Å². The van der Waals surface area contributed by atoms with Crippen LogP contribution in [-0.4, -0.2) is 58.1 Å². The molecule has 0 radical (unpaired) electrons. The number of carbonyl (C=O) groups excluding carboxylic acids is 2. The smallest absolute Gasteiger partial charge is 0.310 e. The molecule has 0 spiro atoms. The first kappa shape index (κ1) is 44.7. The van der Waals surface area contributed by atoms with Crippen molar-refractivity contribution < 1.29 is 28.7 Å². The van der Waals surface area contributed by atoms with E-state index < -0.39 is 6.23 Å². The van der Waals surface area contributed by atoms with Crippen molar-refractivity contribution in [3.05, 3.63) is 103 Å². The van der Waals surface area contributed by atoms with Crippen molar-refractivity contribution in [2.75, 3.05) is 20.7 Å². The number of aliphatic hydroxyl groups is 1. The Morgan fingerprint density at radius 3 is 2.55 bits per heavy atom. The molecule has 11 heteroatoms. The lowest BCUT2D eigenvalue weighted by atomic mass is 9.83. The Morgan fingerprint density at radius 1 is 1.07 bits per heavy atom. The van der Waals surface area contributed by atoms with Crippen LogP contribution in [0, 0.1) is 31.6 Å². The maximum atomic E-state index is 13.9. The molecule has 6 rings (SSSR count). The van der Waals surface area contributed by atoms with E-state index in [1.165, 1.54) is 24.0 Å². The maximum Gasteiger partial charge on any atom is 0.310 e. The van der Waals surface area contributed by atoms with E-state index in [0.29, 0.717) is 29.9 Å². The van der Waals surface area contributed by atoms with Gasteiger partial charge in [-0.25, -0.2) is 0 Å². The van der Waals surface area contributed by atoms with Crippen LogP contribution in [0.4, 0.5) is 0 Å². The third kappa shape index (κ3) is 9.38. The van der Waals surface area contributed by atoms with E-state index in [4.69, 9.17) is 20.2 Å². The molecule has 4 unspecified atom stereocenters. The van der Waals surface area contributed by atoms with E-state index in [2.05, 4.69) is 76.7 Å². The Bertz CT molecular complexity index is 2360. The molecule has 60 heavy (non-hydrogen) atoms. The molecule has 3 aromatic rings. The molecule has 1 aliphatic carbocycles. The number of nitrogens with zero attached hydrogens (tertiary/aromatic N) is 3. The molecule has 5 heterocycles. The Labute approximate surface area is 355 Å². The number of hydrogen-bond donors (Lipinski definition) is 4. The second kappa shape index (κ2) is 19.3. The monoisotopic (exact) mass is 820 g/mol. The average Bonchev–Trinajstić information content (AvgIpc) is 3.90. The fourth-order valence-corrected chi connectivity index (χ4v) is 9.10. The second-order valence-corrected chi connectivity index (χ2v) is 17.3. The molecule has 322 valence electrons. The number of hydrogen-bond acceptors (Lipinski definition) is 8. The van der Waals surface area contributed by atoms with Crippen molar-refractivity contribution in [3.8, 4) is 0 Å². The second-order valence-electron chi connectivity index (χ2n) is 17.3. The first-order valence-electron chi connectivity index (χ1n) is 21.9. The number of ketones is 1. The van der Waals surface area contributed by atoms with E-state index in [0.717, 1.165) is 75.0 Å². The number of unbranched alkanes of at least 4 members (excludes halogenated alkanes) is 3. The minimum atomic E-state index is -0.776. The molecule has 2 aliphatic heterocycles. The van der Waals surface area contributed by atoms with E-state index in [9.17, 15) is 14.7 Å². The zero-order chi connectivity index (χ0) is 43.4. The summed E-state index contributed by atoms with van der Waals surface area (Å²) in [6, 6.07) is 3.65. The van der Waals surface area contributed by atoms with Crippen molar-refractivity contribution in [1.82, 2.24) is 14.9 Å².